The Kier molecular flexibility index (Phi) is 6.63. The maximum absolute atomic E-state index is 5.78. The average Bonchev–Trinajstić information content (AvgIpc) is 2.36. The van der Waals surface area contributed by atoms with Crippen LogP contribution in [-0.4, -0.2) is 13.2 Å². The molecular formula is C16H26O2. The molecule has 0 atom stereocenters. The van der Waals surface area contributed by atoms with Gasteiger partial charge < -0.3 is 9.47 Å². The van der Waals surface area contributed by atoms with Crippen molar-refractivity contribution in [2.45, 2.75) is 52.9 Å². The van der Waals surface area contributed by atoms with E-state index >= 15 is 0 Å². The zero-order chi connectivity index (χ0) is 13.4. The molecule has 0 aromatic heterocycles. The molecule has 0 aliphatic heterocycles. The number of hydrogen-bond donors (Lipinski definition) is 0. The third kappa shape index (κ3) is 4.99. The number of hydrogen-bond acceptors (Lipinski definition) is 2. The molecule has 0 heterocycles. The highest BCUT2D eigenvalue weighted by Gasteiger charge is 2.06. The molecule has 0 aliphatic rings. The highest BCUT2D eigenvalue weighted by molar-refractivity contribution is 5.39. The lowest BCUT2D eigenvalue weighted by Crippen LogP contribution is -2.00. The molecule has 1 rings (SSSR count). The van der Waals surface area contributed by atoms with Crippen molar-refractivity contribution in [3.63, 3.8) is 0 Å². The number of unbranched alkanes of at least 4 members (excludes halogenated alkanes) is 1. The lowest BCUT2D eigenvalue weighted by Gasteiger charge is -2.13. The predicted molar refractivity (Wildman–Crippen MR) is 76.7 cm³/mol. The Balaban J connectivity index is 2.77. The topological polar surface area (TPSA) is 18.5 Å². The lowest BCUT2D eigenvalue weighted by molar-refractivity contribution is 0.296. The Bertz CT molecular complexity index is 345. The van der Waals surface area contributed by atoms with Crippen molar-refractivity contribution in [3.8, 4) is 11.5 Å². The molecule has 1 aromatic carbocycles. The molecule has 0 N–H and O–H groups in total. The molecule has 2 nitrogen and oxygen atoms in total. The predicted octanol–water partition coefficient (Wildman–Crippen LogP) is 4.78. The Morgan fingerprint density at radius 3 is 2.00 bits per heavy atom. The third-order valence-electron chi connectivity index (χ3n) is 2.81. The fourth-order valence-electron chi connectivity index (χ4n) is 1.65. The minimum atomic E-state index is 0.490. The standard InChI is InChI=1S/C16H26O2/c1-5-7-9-18-16-11-14(13(3)4)10-15(12-16)17-8-6-2/h10-13H,5-9H2,1-4H3. The average molecular weight is 250 g/mol. The van der Waals surface area contributed by atoms with Gasteiger partial charge in [-0.25, -0.2) is 0 Å². The van der Waals surface area contributed by atoms with Crippen LogP contribution in [0.4, 0.5) is 0 Å². The van der Waals surface area contributed by atoms with Crippen molar-refractivity contribution >= 4 is 0 Å². The quantitative estimate of drug-likeness (QED) is 0.618. The van der Waals surface area contributed by atoms with E-state index in [1.807, 2.05) is 6.07 Å². The van der Waals surface area contributed by atoms with Gasteiger partial charge in [-0.1, -0.05) is 34.1 Å². The van der Waals surface area contributed by atoms with Crippen molar-refractivity contribution in [3.05, 3.63) is 23.8 Å². The minimum absolute atomic E-state index is 0.490. The van der Waals surface area contributed by atoms with E-state index < -0.39 is 0 Å². The van der Waals surface area contributed by atoms with Gasteiger partial charge in [-0.15, -0.1) is 0 Å². The third-order valence-corrected chi connectivity index (χ3v) is 2.81. The van der Waals surface area contributed by atoms with Crippen LogP contribution in [0.1, 0.15) is 58.4 Å². The monoisotopic (exact) mass is 250 g/mol. The van der Waals surface area contributed by atoms with Crippen LogP contribution in [-0.2, 0) is 0 Å². The Labute approximate surface area is 111 Å². The maximum atomic E-state index is 5.78. The second-order valence-electron chi connectivity index (χ2n) is 4.94. The summed E-state index contributed by atoms with van der Waals surface area (Å²) >= 11 is 0. The smallest absolute Gasteiger partial charge is 0.123 e. The van der Waals surface area contributed by atoms with E-state index in [1.54, 1.807) is 0 Å². The van der Waals surface area contributed by atoms with Crippen molar-refractivity contribution in [1.82, 2.24) is 0 Å². The molecule has 102 valence electrons. The number of benzene rings is 1. The largest absolute Gasteiger partial charge is 0.493 e. The van der Waals surface area contributed by atoms with E-state index in [4.69, 9.17) is 9.47 Å². The second-order valence-corrected chi connectivity index (χ2v) is 4.94. The maximum Gasteiger partial charge on any atom is 0.123 e. The van der Waals surface area contributed by atoms with Gasteiger partial charge in [-0.2, -0.15) is 0 Å². The second kappa shape index (κ2) is 8.02. The zero-order valence-electron chi connectivity index (χ0n) is 12.2. The Hall–Kier alpha value is -1.18. The van der Waals surface area contributed by atoms with E-state index in [9.17, 15) is 0 Å². The van der Waals surface area contributed by atoms with Gasteiger partial charge >= 0.3 is 0 Å². The van der Waals surface area contributed by atoms with E-state index in [1.165, 1.54) is 5.56 Å². The van der Waals surface area contributed by atoms with Crippen LogP contribution in [0.2, 0.25) is 0 Å². The Morgan fingerprint density at radius 1 is 0.889 bits per heavy atom. The van der Waals surface area contributed by atoms with Crippen LogP contribution in [0, 0.1) is 0 Å². The van der Waals surface area contributed by atoms with E-state index in [0.717, 1.165) is 44.0 Å². The molecule has 0 spiro atoms. The summed E-state index contributed by atoms with van der Waals surface area (Å²) in [7, 11) is 0. The summed E-state index contributed by atoms with van der Waals surface area (Å²) in [6.07, 6.45) is 3.28. The molecule has 0 aliphatic carbocycles. The van der Waals surface area contributed by atoms with Crippen LogP contribution in [0.3, 0.4) is 0 Å². The van der Waals surface area contributed by atoms with Crippen LogP contribution in [0.5, 0.6) is 11.5 Å². The summed E-state index contributed by atoms with van der Waals surface area (Å²) in [6, 6.07) is 6.24. The fourth-order valence-corrected chi connectivity index (χ4v) is 1.65. The first-order valence-corrected chi connectivity index (χ1v) is 7.08. The molecule has 0 saturated heterocycles. The molecule has 1 aromatic rings. The highest BCUT2D eigenvalue weighted by Crippen LogP contribution is 2.27. The van der Waals surface area contributed by atoms with Crippen molar-refractivity contribution < 1.29 is 9.47 Å². The molecule has 0 unspecified atom stereocenters. The van der Waals surface area contributed by atoms with E-state index in [2.05, 4.69) is 39.8 Å². The van der Waals surface area contributed by atoms with Gasteiger partial charge in [0.2, 0.25) is 0 Å². The molecular weight excluding hydrogens is 224 g/mol. The molecule has 0 radical (unpaired) electrons. The van der Waals surface area contributed by atoms with Crippen LogP contribution < -0.4 is 9.47 Å². The van der Waals surface area contributed by atoms with Gasteiger partial charge in [0.25, 0.3) is 0 Å². The summed E-state index contributed by atoms with van der Waals surface area (Å²) < 4.78 is 11.5. The molecule has 0 saturated carbocycles. The summed E-state index contributed by atoms with van der Waals surface area (Å²) in [5, 5.41) is 0. The van der Waals surface area contributed by atoms with Gasteiger partial charge in [-0.05, 0) is 36.5 Å². The molecule has 2 heteroatoms. The fraction of sp³-hybridized carbons (Fsp3) is 0.625. The SMILES string of the molecule is CCCCOc1cc(OCCC)cc(C(C)C)c1. The van der Waals surface area contributed by atoms with Gasteiger partial charge in [0, 0.05) is 6.07 Å². The van der Waals surface area contributed by atoms with Gasteiger partial charge in [0.1, 0.15) is 11.5 Å². The molecule has 18 heavy (non-hydrogen) atoms. The van der Waals surface area contributed by atoms with E-state index in [-0.39, 0.29) is 0 Å². The van der Waals surface area contributed by atoms with E-state index in [0.29, 0.717) is 5.92 Å². The van der Waals surface area contributed by atoms with Crippen LogP contribution in [0.15, 0.2) is 18.2 Å². The first kappa shape index (κ1) is 14.9. The molecule has 0 fully saturated rings. The minimum Gasteiger partial charge on any atom is -0.493 e. The van der Waals surface area contributed by atoms with Crippen molar-refractivity contribution in [2.75, 3.05) is 13.2 Å². The zero-order valence-corrected chi connectivity index (χ0v) is 12.2. The molecule has 0 bridgehead atoms. The first-order chi connectivity index (χ1) is 8.67. The van der Waals surface area contributed by atoms with Crippen molar-refractivity contribution in [1.29, 1.82) is 0 Å². The van der Waals surface area contributed by atoms with Gasteiger partial charge in [0.05, 0.1) is 13.2 Å². The molecule has 0 amide bonds. The van der Waals surface area contributed by atoms with Crippen LogP contribution in [0.25, 0.3) is 0 Å². The summed E-state index contributed by atoms with van der Waals surface area (Å²) in [5.41, 5.74) is 1.27. The van der Waals surface area contributed by atoms with Crippen LogP contribution >= 0.6 is 0 Å². The lowest BCUT2D eigenvalue weighted by atomic mass is 10.0. The summed E-state index contributed by atoms with van der Waals surface area (Å²) in [4.78, 5) is 0. The highest BCUT2D eigenvalue weighted by atomic mass is 16.5. The summed E-state index contributed by atoms with van der Waals surface area (Å²) in [6.45, 7) is 10.2. The van der Waals surface area contributed by atoms with Gasteiger partial charge in [-0.3, -0.25) is 0 Å². The van der Waals surface area contributed by atoms with Crippen molar-refractivity contribution in [2.24, 2.45) is 0 Å². The normalized spacial score (nSPS) is 10.7. The number of ether oxygens (including phenoxy) is 2. The Morgan fingerprint density at radius 2 is 1.50 bits per heavy atom. The number of rotatable bonds is 8. The summed E-state index contributed by atoms with van der Waals surface area (Å²) in [5.74, 6) is 2.35. The first-order valence-electron chi connectivity index (χ1n) is 7.08. The van der Waals surface area contributed by atoms with Gasteiger partial charge in [0.15, 0.2) is 0 Å².